The summed E-state index contributed by atoms with van der Waals surface area (Å²) in [4.78, 5) is 4.18. The van der Waals surface area contributed by atoms with Gasteiger partial charge in [-0.3, -0.25) is 0 Å². The van der Waals surface area contributed by atoms with E-state index in [1.807, 2.05) is 13.8 Å². The Balaban J connectivity index is 2.32. The first-order chi connectivity index (χ1) is 8.49. The maximum atomic E-state index is 9.40. The second kappa shape index (κ2) is 4.66. The molecule has 0 bridgehead atoms. The van der Waals surface area contributed by atoms with E-state index in [1.165, 1.54) is 12.1 Å². The van der Waals surface area contributed by atoms with Gasteiger partial charge in [-0.2, -0.15) is 4.98 Å². The number of aromatic hydroxyl groups is 2. The highest BCUT2D eigenvalue weighted by molar-refractivity contribution is 5.59. The van der Waals surface area contributed by atoms with E-state index in [-0.39, 0.29) is 23.5 Å². The summed E-state index contributed by atoms with van der Waals surface area (Å²) in [7, 11) is 0. The molecule has 6 nitrogen and oxygen atoms in total. The van der Waals surface area contributed by atoms with Crippen molar-refractivity contribution in [3.63, 3.8) is 0 Å². The molecule has 0 radical (unpaired) electrons. The van der Waals surface area contributed by atoms with Crippen molar-refractivity contribution in [3.8, 4) is 22.9 Å². The van der Waals surface area contributed by atoms with Gasteiger partial charge in [0.05, 0.1) is 6.04 Å². The van der Waals surface area contributed by atoms with Gasteiger partial charge in [0.15, 0.2) is 11.5 Å². The van der Waals surface area contributed by atoms with Crippen LogP contribution < -0.4 is 5.73 Å². The number of nitrogens with two attached hydrogens (primary N) is 1. The number of phenols is 2. The summed E-state index contributed by atoms with van der Waals surface area (Å²) >= 11 is 0. The third-order valence-electron chi connectivity index (χ3n) is 2.68. The molecule has 0 amide bonds. The van der Waals surface area contributed by atoms with E-state index in [0.29, 0.717) is 17.3 Å². The fourth-order valence-electron chi connectivity index (χ4n) is 1.44. The molecular formula is C12H15N3O3. The van der Waals surface area contributed by atoms with E-state index in [2.05, 4.69) is 10.1 Å². The molecule has 0 aliphatic carbocycles. The number of hydrogen-bond donors (Lipinski definition) is 3. The molecule has 4 N–H and O–H groups in total. The van der Waals surface area contributed by atoms with E-state index >= 15 is 0 Å². The summed E-state index contributed by atoms with van der Waals surface area (Å²) in [6, 6.07) is 4.00. The van der Waals surface area contributed by atoms with Crippen molar-refractivity contribution in [1.82, 2.24) is 10.1 Å². The molecule has 1 aromatic heterocycles. The highest BCUT2D eigenvalue weighted by Crippen LogP contribution is 2.29. The highest BCUT2D eigenvalue weighted by Gasteiger charge is 2.19. The Morgan fingerprint density at radius 3 is 2.56 bits per heavy atom. The Morgan fingerprint density at radius 2 is 1.94 bits per heavy atom. The topological polar surface area (TPSA) is 105 Å². The second-order valence-electron chi connectivity index (χ2n) is 4.43. The Hall–Kier alpha value is -2.08. The Bertz CT molecular complexity index is 551. The van der Waals surface area contributed by atoms with Crippen molar-refractivity contribution in [2.75, 3.05) is 0 Å². The lowest BCUT2D eigenvalue weighted by molar-refractivity contribution is 0.325. The largest absolute Gasteiger partial charge is 0.504 e. The van der Waals surface area contributed by atoms with Gasteiger partial charge in [-0.15, -0.1) is 0 Å². The van der Waals surface area contributed by atoms with E-state index in [0.717, 1.165) is 0 Å². The molecule has 2 rings (SSSR count). The van der Waals surface area contributed by atoms with Gasteiger partial charge in [0, 0.05) is 5.56 Å². The summed E-state index contributed by atoms with van der Waals surface area (Å²) in [6.07, 6.45) is 0. The predicted molar refractivity (Wildman–Crippen MR) is 64.8 cm³/mol. The summed E-state index contributed by atoms with van der Waals surface area (Å²) in [5.74, 6) is 0.448. The molecule has 1 unspecified atom stereocenters. The molecule has 0 aliphatic rings. The Morgan fingerprint density at radius 1 is 1.22 bits per heavy atom. The van der Waals surface area contributed by atoms with Gasteiger partial charge in [0.25, 0.3) is 0 Å². The van der Waals surface area contributed by atoms with Gasteiger partial charge in [0.1, 0.15) is 0 Å². The molecule has 0 saturated heterocycles. The van der Waals surface area contributed by atoms with Crippen molar-refractivity contribution in [1.29, 1.82) is 0 Å². The molecule has 0 aliphatic heterocycles. The number of benzene rings is 1. The minimum Gasteiger partial charge on any atom is -0.504 e. The smallest absolute Gasteiger partial charge is 0.244 e. The summed E-state index contributed by atoms with van der Waals surface area (Å²) in [6.45, 7) is 3.92. The van der Waals surface area contributed by atoms with Gasteiger partial charge < -0.3 is 20.5 Å². The predicted octanol–water partition coefficient (Wildman–Crippen LogP) is 1.80. The van der Waals surface area contributed by atoms with Crippen molar-refractivity contribution in [2.24, 2.45) is 11.7 Å². The summed E-state index contributed by atoms with van der Waals surface area (Å²) < 4.78 is 5.08. The van der Waals surface area contributed by atoms with Crippen LogP contribution in [0.2, 0.25) is 0 Å². The van der Waals surface area contributed by atoms with Crippen LogP contribution in [-0.4, -0.2) is 20.4 Å². The molecule has 2 aromatic rings. The van der Waals surface area contributed by atoms with Crippen LogP contribution in [-0.2, 0) is 0 Å². The molecule has 18 heavy (non-hydrogen) atoms. The Labute approximate surface area is 104 Å². The molecule has 0 spiro atoms. The molecule has 0 saturated carbocycles. The van der Waals surface area contributed by atoms with Crippen molar-refractivity contribution in [2.45, 2.75) is 19.9 Å². The van der Waals surface area contributed by atoms with Crippen LogP contribution in [0.25, 0.3) is 11.4 Å². The van der Waals surface area contributed by atoms with E-state index in [9.17, 15) is 10.2 Å². The SMILES string of the molecule is CC(C)C(N)c1nc(-c2ccc(O)c(O)c2)no1. The third-order valence-corrected chi connectivity index (χ3v) is 2.68. The van der Waals surface area contributed by atoms with Crippen LogP contribution in [0.5, 0.6) is 11.5 Å². The van der Waals surface area contributed by atoms with Crippen LogP contribution in [0.3, 0.4) is 0 Å². The van der Waals surface area contributed by atoms with E-state index in [4.69, 9.17) is 10.3 Å². The van der Waals surface area contributed by atoms with Crippen molar-refractivity contribution < 1.29 is 14.7 Å². The molecular weight excluding hydrogens is 234 g/mol. The normalized spacial score (nSPS) is 12.9. The lowest BCUT2D eigenvalue weighted by Crippen LogP contribution is -2.16. The molecule has 0 fully saturated rings. The minimum atomic E-state index is -0.322. The molecule has 96 valence electrons. The average molecular weight is 249 g/mol. The fourth-order valence-corrected chi connectivity index (χ4v) is 1.44. The van der Waals surface area contributed by atoms with Crippen LogP contribution >= 0.6 is 0 Å². The van der Waals surface area contributed by atoms with Crippen LogP contribution in [0.15, 0.2) is 22.7 Å². The quantitative estimate of drug-likeness (QED) is 0.716. The zero-order valence-corrected chi connectivity index (χ0v) is 10.2. The van der Waals surface area contributed by atoms with Gasteiger partial charge in [-0.1, -0.05) is 19.0 Å². The monoisotopic (exact) mass is 249 g/mol. The van der Waals surface area contributed by atoms with Gasteiger partial charge >= 0.3 is 0 Å². The lowest BCUT2D eigenvalue weighted by Gasteiger charge is -2.09. The second-order valence-corrected chi connectivity index (χ2v) is 4.43. The van der Waals surface area contributed by atoms with Gasteiger partial charge in [-0.05, 0) is 24.1 Å². The van der Waals surface area contributed by atoms with Gasteiger partial charge in [0.2, 0.25) is 11.7 Å². The first-order valence-corrected chi connectivity index (χ1v) is 5.60. The molecule has 1 atom stereocenters. The molecule has 6 heteroatoms. The van der Waals surface area contributed by atoms with Crippen molar-refractivity contribution in [3.05, 3.63) is 24.1 Å². The number of phenolic OH excluding ortho intramolecular Hbond substituents is 2. The lowest BCUT2D eigenvalue weighted by atomic mass is 10.1. The third kappa shape index (κ3) is 2.28. The average Bonchev–Trinajstić information content (AvgIpc) is 2.81. The van der Waals surface area contributed by atoms with Crippen LogP contribution in [0.4, 0.5) is 0 Å². The Kier molecular flexibility index (Phi) is 3.20. The van der Waals surface area contributed by atoms with E-state index in [1.54, 1.807) is 6.07 Å². The summed E-state index contributed by atoms with van der Waals surface area (Å²) in [5, 5.41) is 22.4. The first kappa shape index (κ1) is 12.4. The maximum absolute atomic E-state index is 9.40. The number of hydrogen-bond acceptors (Lipinski definition) is 6. The van der Waals surface area contributed by atoms with Crippen molar-refractivity contribution >= 4 is 0 Å². The van der Waals surface area contributed by atoms with Crippen LogP contribution in [0, 0.1) is 5.92 Å². The zero-order valence-electron chi connectivity index (χ0n) is 10.2. The zero-order chi connectivity index (χ0) is 13.3. The van der Waals surface area contributed by atoms with E-state index < -0.39 is 0 Å². The number of rotatable bonds is 3. The standard InChI is InChI=1S/C12H15N3O3/c1-6(2)10(13)12-14-11(15-18-12)7-3-4-8(16)9(17)5-7/h3-6,10,16-17H,13H2,1-2H3. The maximum Gasteiger partial charge on any atom is 0.244 e. The molecule has 1 aromatic carbocycles. The summed E-state index contributed by atoms with van der Waals surface area (Å²) in [5.41, 5.74) is 6.45. The first-order valence-electron chi connectivity index (χ1n) is 5.60. The molecule has 1 heterocycles. The highest BCUT2D eigenvalue weighted by atomic mass is 16.5. The number of nitrogens with zero attached hydrogens (tertiary/aromatic N) is 2. The van der Waals surface area contributed by atoms with Gasteiger partial charge in [-0.25, -0.2) is 0 Å². The van der Waals surface area contributed by atoms with Crippen LogP contribution in [0.1, 0.15) is 25.8 Å². The number of aromatic nitrogens is 2. The minimum absolute atomic E-state index is 0.187. The fraction of sp³-hybridized carbons (Fsp3) is 0.333.